The van der Waals surface area contributed by atoms with E-state index in [4.69, 9.17) is 4.74 Å². The Morgan fingerprint density at radius 1 is 1.50 bits per heavy atom. The number of sulfonamides is 1. The summed E-state index contributed by atoms with van der Waals surface area (Å²) >= 11 is 0. The lowest BCUT2D eigenvalue weighted by atomic mass is 10.3. The molecule has 1 aliphatic heterocycles. The molecule has 0 amide bonds. The molecule has 8 heteroatoms. The molecule has 2 rings (SSSR count). The lowest BCUT2D eigenvalue weighted by molar-refractivity contribution is -0.149. The first-order valence-electron chi connectivity index (χ1n) is 5.93. The Balaban J connectivity index is 2.38. The van der Waals surface area contributed by atoms with Crippen molar-refractivity contribution < 1.29 is 27.8 Å². The quantitative estimate of drug-likeness (QED) is 0.787. The highest BCUT2D eigenvalue weighted by molar-refractivity contribution is 7.89. The minimum absolute atomic E-state index is 0.0509. The van der Waals surface area contributed by atoms with E-state index in [1.54, 1.807) is 0 Å². The van der Waals surface area contributed by atoms with E-state index in [1.807, 2.05) is 0 Å². The van der Waals surface area contributed by atoms with Gasteiger partial charge in [-0.25, -0.2) is 8.42 Å². The summed E-state index contributed by atoms with van der Waals surface area (Å²) in [6.07, 6.45) is 0. The highest BCUT2D eigenvalue weighted by Crippen LogP contribution is 2.23. The van der Waals surface area contributed by atoms with Crippen LogP contribution in [0.1, 0.15) is 0 Å². The second-order valence-electron chi connectivity index (χ2n) is 4.23. The van der Waals surface area contributed by atoms with Gasteiger partial charge >= 0.3 is 5.97 Å². The van der Waals surface area contributed by atoms with Crippen LogP contribution in [-0.2, 0) is 24.3 Å². The predicted molar refractivity (Wildman–Crippen MR) is 68.6 cm³/mol. The first kappa shape index (κ1) is 14.8. The molecule has 1 N–H and O–H groups in total. The zero-order valence-corrected chi connectivity index (χ0v) is 11.7. The number of aromatic hydroxyl groups is 1. The van der Waals surface area contributed by atoms with Crippen LogP contribution >= 0.6 is 0 Å². The Bertz CT molecular complexity index is 600. The minimum Gasteiger partial charge on any atom is -0.508 e. The van der Waals surface area contributed by atoms with Crippen LogP contribution in [0.25, 0.3) is 0 Å². The Hall–Kier alpha value is -1.64. The van der Waals surface area contributed by atoms with Crippen molar-refractivity contribution in [3.8, 4) is 5.75 Å². The number of morpholine rings is 1. The van der Waals surface area contributed by atoms with Crippen molar-refractivity contribution in [2.24, 2.45) is 0 Å². The molecule has 1 aromatic rings. The first-order valence-corrected chi connectivity index (χ1v) is 7.37. The number of ether oxygens (including phenoxy) is 2. The van der Waals surface area contributed by atoms with E-state index < -0.39 is 22.0 Å². The van der Waals surface area contributed by atoms with Crippen molar-refractivity contribution in [1.82, 2.24) is 4.31 Å². The van der Waals surface area contributed by atoms with Crippen LogP contribution in [0.5, 0.6) is 5.75 Å². The molecule has 1 saturated heterocycles. The van der Waals surface area contributed by atoms with Gasteiger partial charge in [-0.15, -0.1) is 0 Å². The lowest BCUT2D eigenvalue weighted by Crippen LogP contribution is -2.52. The van der Waals surface area contributed by atoms with Crippen LogP contribution < -0.4 is 0 Å². The SMILES string of the molecule is COC(=O)C1COCCN1S(=O)(=O)c1cccc(O)c1. The number of nitrogens with zero attached hydrogens (tertiary/aromatic N) is 1. The topological polar surface area (TPSA) is 93.1 Å². The second-order valence-corrected chi connectivity index (χ2v) is 6.12. The van der Waals surface area contributed by atoms with E-state index >= 15 is 0 Å². The van der Waals surface area contributed by atoms with Crippen LogP contribution in [0.4, 0.5) is 0 Å². The number of carbonyl (C=O) groups is 1. The molecule has 20 heavy (non-hydrogen) atoms. The van der Waals surface area contributed by atoms with E-state index in [9.17, 15) is 18.3 Å². The number of methoxy groups -OCH3 is 1. The fourth-order valence-corrected chi connectivity index (χ4v) is 3.56. The number of rotatable bonds is 3. The number of hydrogen-bond acceptors (Lipinski definition) is 6. The molecule has 1 unspecified atom stereocenters. The molecule has 1 fully saturated rings. The van der Waals surface area contributed by atoms with Gasteiger partial charge in [0.05, 0.1) is 25.2 Å². The minimum atomic E-state index is -3.90. The van der Waals surface area contributed by atoms with E-state index in [0.29, 0.717) is 0 Å². The van der Waals surface area contributed by atoms with E-state index in [2.05, 4.69) is 4.74 Å². The molecule has 0 bridgehead atoms. The molecule has 1 aliphatic rings. The van der Waals surface area contributed by atoms with Crippen molar-refractivity contribution in [2.45, 2.75) is 10.9 Å². The van der Waals surface area contributed by atoms with Gasteiger partial charge in [-0.05, 0) is 18.2 Å². The lowest BCUT2D eigenvalue weighted by Gasteiger charge is -2.32. The molecule has 0 saturated carbocycles. The molecule has 0 aliphatic carbocycles. The standard InChI is InChI=1S/C12H15NO6S/c1-18-12(15)11-8-19-6-5-13(11)20(16,17)10-4-2-3-9(14)7-10/h2-4,7,11,14H,5-6,8H2,1H3. The number of benzene rings is 1. The molecule has 0 aromatic heterocycles. The smallest absolute Gasteiger partial charge is 0.326 e. The Morgan fingerprint density at radius 2 is 2.25 bits per heavy atom. The summed E-state index contributed by atoms with van der Waals surface area (Å²) in [6, 6.07) is 4.28. The monoisotopic (exact) mass is 301 g/mol. The van der Waals surface area contributed by atoms with Crippen LogP contribution in [0.15, 0.2) is 29.2 Å². The van der Waals surface area contributed by atoms with E-state index in [-0.39, 0.29) is 30.4 Å². The van der Waals surface area contributed by atoms with Gasteiger partial charge in [0, 0.05) is 6.54 Å². The Morgan fingerprint density at radius 3 is 2.90 bits per heavy atom. The molecule has 1 heterocycles. The van der Waals surface area contributed by atoms with Gasteiger partial charge in [0.15, 0.2) is 0 Å². The summed E-state index contributed by atoms with van der Waals surface area (Å²) < 4.78 is 35.8. The summed E-state index contributed by atoms with van der Waals surface area (Å²) in [4.78, 5) is 11.6. The highest BCUT2D eigenvalue weighted by atomic mass is 32.2. The van der Waals surface area contributed by atoms with Gasteiger partial charge in [0.25, 0.3) is 0 Å². The second kappa shape index (κ2) is 5.78. The highest BCUT2D eigenvalue weighted by Gasteiger charge is 2.39. The number of carbonyl (C=O) groups excluding carboxylic acids is 1. The summed E-state index contributed by atoms with van der Waals surface area (Å²) in [5, 5.41) is 9.40. The molecule has 0 spiro atoms. The summed E-state index contributed by atoms with van der Waals surface area (Å²) in [6.45, 7) is 0.202. The molecule has 0 radical (unpaired) electrons. The third-order valence-electron chi connectivity index (χ3n) is 2.98. The Labute approximate surface area is 116 Å². The third kappa shape index (κ3) is 2.77. The number of phenolic OH excluding ortho intramolecular Hbond substituents is 1. The molecular formula is C12H15NO6S. The van der Waals surface area contributed by atoms with Gasteiger partial charge in [0.2, 0.25) is 10.0 Å². The van der Waals surface area contributed by atoms with Gasteiger partial charge in [-0.1, -0.05) is 6.07 Å². The maximum absolute atomic E-state index is 12.5. The number of hydrogen-bond donors (Lipinski definition) is 1. The van der Waals surface area contributed by atoms with Gasteiger partial charge in [-0.2, -0.15) is 4.31 Å². The largest absolute Gasteiger partial charge is 0.508 e. The molecule has 7 nitrogen and oxygen atoms in total. The number of phenols is 1. The van der Waals surface area contributed by atoms with E-state index in [1.165, 1.54) is 25.3 Å². The van der Waals surface area contributed by atoms with Crippen molar-refractivity contribution in [3.63, 3.8) is 0 Å². The van der Waals surface area contributed by atoms with Crippen LogP contribution in [0.2, 0.25) is 0 Å². The zero-order valence-electron chi connectivity index (χ0n) is 10.9. The first-order chi connectivity index (χ1) is 9.46. The maximum atomic E-state index is 12.5. The Kier molecular flexibility index (Phi) is 4.26. The summed E-state index contributed by atoms with van der Waals surface area (Å²) in [7, 11) is -2.71. The fraction of sp³-hybridized carbons (Fsp3) is 0.417. The normalized spacial score (nSPS) is 20.6. The van der Waals surface area contributed by atoms with Crippen molar-refractivity contribution >= 4 is 16.0 Å². The summed E-state index contributed by atoms with van der Waals surface area (Å²) in [5.41, 5.74) is 0. The third-order valence-corrected chi connectivity index (χ3v) is 4.88. The van der Waals surface area contributed by atoms with Crippen molar-refractivity contribution in [1.29, 1.82) is 0 Å². The fourth-order valence-electron chi connectivity index (χ4n) is 1.98. The van der Waals surface area contributed by atoms with Crippen molar-refractivity contribution in [2.75, 3.05) is 26.9 Å². The van der Waals surface area contributed by atoms with Crippen LogP contribution in [0, 0.1) is 0 Å². The zero-order chi connectivity index (χ0) is 14.8. The van der Waals surface area contributed by atoms with Gasteiger partial charge < -0.3 is 14.6 Å². The molecular weight excluding hydrogens is 286 g/mol. The average Bonchev–Trinajstić information content (AvgIpc) is 2.46. The molecule has 110 valence electrons. The average molecular weight is 301 g/mol. The van der Waals surface area contributed by atoms with E-state index in [0.717, 1.165) is 10.4 Å². The predicted octanol–water partition coefficient (Wildman–Crippen LogP) is -0.0453. The maximum Gasteiger partial charge on any atom is 0.326 e. The van der Waals surface area contributed by atoms with Gasteiger partial charge in [0.1, 0.15) is 11.8 Å². The molecule has 1 aromatic carbocycles. The van der Waals surface area contributed by atoms with Crippen molar-refractivity contribution in [3.05, 3.63) is 24.3 Å². The van der Waals surface area contributed by atoms with Crippen LogP contribution in [0.3, 0.4) is 0 Å². The summed E-state index contributed by atoms with van der Waals surface area (Å²) in [5.74, 6) is -0.831. The van der Waals surface area contributed by atoms with Crippen LogP contribution in [-0.4, -0.2) is 56.7 Å². The van der Waals surface area contributed by atoms with Gasteiger partial charge in [-0.3, -0.25) is 4.79 Å². The number of esters is 1. The molecule has 1 atom stereocenters.